The minimum absolute atomic E-state index is 0.115. The molecule has 1 atom stereocenters. The number of rotatable bonds is 2. The normalized spacial score (nSPS) is 12.9. The SMILES string of the molecule is Nc1ncccc1[C@H](N)CO. The number of pyridine rings is 1. The Kier molecular flexibility index (Phi) is 2.40. The molecule has 0 saturated heterocycles. The quantitative estimate of drug-likeness (QED) is 0.542. The van der Waals surface area contributed by atoms with Crippen molar-refractivity contribution < 1.29 is 5.11 Å². The molecule has 1 heterocycles. The van der Waals surface area contributed by atoms with Gasteiger partial charge in [-0.25, -0.2) is 4.98 Å². The minimum Gasteiger partial charge on any atom is -0.394 e. The lowest BCUT2D eigenvalue weighted by Crippen LogP contribution is -2.16. The highest BCUT2D eigenvalue weighted by Crippen LogP contribution is 2.14. The number of nitrogens with zero attached hydrogens (tertiary/aromatic N) is 1. The molecule has 0 spiro atoms. The van der Waals surface area contributed by atoms with Crippen LogP contribution in [0.3, 0.4) is 0 Å². The molecule has 0 aliphatic heterocycles. The van der Waals surface area contributed by atoms with E-state index < -0.39 is 6.04 Å². The maximum atomic E-state index is 8.70. The Morgan fingerprint density at radius 3 is 2.91 bits per heavy atom. The van der Waals surface area contributed by atoms with E-state index in [-0.39, 0.29) is 6.61 Å². The number of nitrogens with two attached hydrogens (primary N) is 2. The molecule has 1 aromatic rings. The maximum Gasteiger partial charge on any atom is 0.128 e. The summed E-state index contributed by atoms with van der Waals surface area (Å²) in [6, 6.07) is 3.06. The zero-order valence-electron chi connectivity index (χ0n) is 6.07. The lowest BCUT2D eigenvalue weighted by molar-refractivity contribution is 0.268. The number of aromatic nitrogens is 1. The van der Waals surface area contributed by atoms with Crippen LogP contribution in [0.25, 0.3) is 0 Å². The third-order valence-electron chi connectivity index (χ3n) is 1.47. The van der Waals surface area contributed by atoms with Gasteiger partial charge < -0.3 is 16.6 Å². The van der Waals surface area contributed by atoms with Crippen LogP contribution in [0.4, 0.5) is 5.82 Å². The van der Waals surface area contributed by atoms with Gasteiger partial charge in [-0.2, -0.15) is 0 Å². The van der Waals surface area contributed by atoms with Gasteiger partial charge in [0.15, 0.2) is 0 Å². The minimum atomic E-state index is -0.427. The van der Waals surface area contributed by atoms with E-state index in [2.05, 4.69) is 4.98 Å². The molecule has 0 radical (unpaired) electrons. The van der Waals surface area contributed by atoms with E-state index in [1.54, 1.807) is 18.3 Å². The Morgan fingerprint density at radius 2 is 2.36 bits per heavy atom. The molecule has 0 amide bonds. The number of aliphatic hydroxyl groups excluding tert-OH is 1. The van der Waals surface area contributed by atoms with Crippen LogP contribution in [0, 0.1) is 0 Å². The molecule has 0 unspecified atom stereocenters. The van der Waals surface area contributed by atoms with E-state index in [1.807, 2.05) is 0 Å². The van der Waals surface area contributed by atoms with E-state index in [1.165, 1.54) is 0 Å². The molecule has 1 rings (SSSR count). The lowest BCUT2D eigenvalue weighted by atomic mass is 10.1. The molecule has 0 saturated carbocycles. The first-order valence-electron chi connectivity index (χ1n) is 3.32. The first-order chi connectivity index (χ1) is 5.25. The monoisotopic (exact) mass is 153 g/mol. The molecule has 4 nitrogen and oxygen atoms in total. The van der Waals surface area contributed by atoms with Gasteiger partial charge >= 0.3 is 0 Å². The topological polar surface area (TPSA) is 85.2 Å². The van der Waals surface area contributed by atoms with Crippen LogP contribution >= 0.6 is 0 Å². The molecule has 5 N–H and O–H groups in total. The fourth-order valence-corrected chi connectivity index (χ4v) is 0.842. The predicted molar refractivity (Wildman–Crippen MR) is 42.7 cm³/mol. The molecule has 0 fully saturated rings. The summed E-state index contributed by atoms with van der Waals surface area (Å²) in [6.07, 6.45) is 1.59. The number of anilines is 1. The molecule has 0 aliphatic carbocycles. The van der Waals surface area contributed by atoms with Crippen molar-refractivity contribution in [2.45, 2.75) is 6.04 Å². The smallest absolute Gasteiger partial charge is 0.128 e. The van der Waals surface area contributed by atoms with E-state index in [4.69, 9.17) is 16.6 Å². The molecule has 60 valence electrons. The Labute approximate surface area is 64.9 Å². The third kappa shape index (κ3) is 1.66. The highest BCUT2D eigenvalue weighted by atomic mass is 16.3. The Morgan fingerprint density at radius 1 is 1.64 bits per heavy atom. The highest BCUT2D eigenvalue weighted by molar-refractivity contribution is 5.40. The number of nitrogen functional groups attached to an aromatic ring is 1. The van der Waals surface area contributed by atoms with Crippen LogP contribution in [-0.4, -0.2) is 16.7 Å². The van der Waals surface area contributed by atoms with Gasteiger partial charge in [-0.1, -0.05) is 6.07 Å². The Balaban J connectivity index is 2.93. The fraction of sp³-hybridized carbons (Fsp3) is 0.286. The van der Waals surface area contributed by atoms with Gasteiger partial charge in [0, 0.05) is 11.8 Å². The van der Waals surface area contributed by atoms with E-state index in [0.29, 0.717) is 11.4 Å². The summed E-state index contributed by atoms with van der Waals surface area (Å²) in [5.41, 5.74) is 11.7. The summed E-state index contributed by atoms with van der Waals surface area (Å²) in [6.45, 7) is -0.115. The standard InChI is InChI=1S/C7H11N3O/c8-6(4-11)5-2-1-3-10-7(5)9/h1-3,6,11H,4,8H2,(H2,9,10)/t6-/m1/s1. The first-order valence-corrected chi connectivity index (χ1v) is 3.32. The van der Waals surface area contributed by atoms with Gasteiger partial charge in [-0.05, 0) is 6.07 Å². The van der Waals surface area contributed by atoms with Gasteiger partial charge in [0.2, 0.25) is 0 Å². The van der Waals surface area contributed by atoms with E-state index in [0.717, 1.165) is 0 Å². The van der Waals surface area contributed by atoms with E-state index in [9.17, 15) is 0 Å². The summed E-state index contributed by atoms with van der Waals surface area (Å²) < 4.78 is 0. The van der Waals surface area contributed by atoms with Gasteiger partial charge in [-0.15, -0.1) is 0 Å². The largest absolute Gasteiger partial charge is 0.394 e. The number of hydrogen-bond donors (Lipinski definition) is 3. The Hall–Kier alpha value is -1.13. The summed E-state index contributed by atoms with van der Waals surface area (Å²) in [5, 5.41) is 8.70. The van der Waals surface area contributed by atoms with Crippen molar-refractivity contribution in [2.75, 3.05) is 12.3 Å². The second-order valence-corrected chi connectivity index (χ2v) is 2.27. The van der Waals surface area contributed by atoms with Crippen LogP contribution in [-0.2, 0) is 0 Å². The summed E-state index contributed by atoms with van der Waals surface area (Å²) in [7, 11) is 0. The van der Waals surface area contributed by atoms with E-state index >= 15 is 0 Å². The van der Waals surface area contributed by atoms with Crippen LogP contribution in [0.2, 0.25) is 0 Å². The average Bonchev–Trinajstić information content (AvgIpc) is 2.04. The lowest BCUT2D eigenvalue weighted by Gasteiger charge is -2.09. The molecule has 0 bridgehead atoms. The summed E-state index contributed by atoms with van der Waals surface area (Å²) in [5.74, 6) is 0.383. The second kappa shape index (κ2) is 3.32. The van der Waals surface area contributed by atoms with Crippen molar-refractivity contribution in [1.82, 2.24) is 4.98 Å². The van der Waals surface area contributed by atoms with Crippen molar-refractivity contribution in [1.29, 1.82) is 0 Å². The number of aliphatic hydroxyl groups is 1. The highest BCUT2D eigenvalue weighted by Gasteiger charge is 2.07. The van der Waals surface area contributed by atoms with Crippen LogP contribution < -0.4 is 11.5 Å². The number of hydrogen-bond acceptors (Lipinski definition) is 4. The van der Waals surface area contributed by atoms with Gasteiger partial charge in [0.25, 0.3) is 0 Å². The summed E-state index contributed by atoms with van der Waals surface area (Å²) in [4.78, 5) is 3.83. The van der Waals surface area contributed by atoms with Crippen molar-refractivity contribution in [2.24, 2.45) is 5.73 Å². The van der Waals surface area contributed by atoms with Crippen molar-refractivity contribution in [3.63, 3.8) is 0 Å². The molecule has 1 aromatic heterocycles. The van der Waals surface area contributed by atoms with Crippen LogP contribution in [0.1, 0.15) is 11.6 Å². The zero-order valence-corrected chi connectivity index (χ0v) is 6.07. The Bertz CT molecular complexity index is 239. The maximum absolute atomic E-state index is 8.70. The molecule has 4 heteroatoms. The molecule has 0 aliphatic rings. The predicted octanol–water partition coefficient (Wildman–Crippen LogP) is -0.344. The van der Waals surface area contributed by atoms with Crippen molar-refractivity contribution in [3.8, 4) is 0 Å². The van der Waals surface area contributed by atoms with Gasteiger partial charge in [0.1, 0.15) is 5.82 Å². The van der Waals surface area contributed by atoms with Crippen molar-refractivity contribution >= 4 is 5.82 Å². The molecular formula is C7H11N3O. The van der Waals surface area contributed by atoms with Crippen LogP contribution in [0.15, 0.2) is 18.3 Å². The molecule has 0 aromatic carbocycles. The third-order valence-corrected chi connectivity index (χ3v) is 1.47. The zero-order chi connectivity index (χ0) is 8.27. The second-order valence-electron chi connectivity index (χ2n) is 2.27. The van der Waals surface area contributed by atoms with Crippen LogP contribution in [0.5, 0.6) is 0 Å². The fourth-order valence-electron chi connectivity index (χ4n) is 0.842. The van der Waals surface area contributed by atoms with Gasteiger partial charge in [0.05, 0.1) is 12.6 Å². The average molecular weight is 153 g/mol. The summed E-state index contributed by atoms with van der Waals surface area (Å²) >= 11 is 0. The molecule has 11 heavy (non-hydrogen) atoms. The first kappa shape index (κ1) is 7.97. The van der Waals surface area contributed by atoms with Gasteiger partial charge in [-0.3, -0.25) is 0 Å². The van der Waals surface area contributed by atoms with Crippen molar-refractivity contribution in [3.05, 3.63) is 23.9 Å². The molecular weight excluding hydrogens is 142 g/mol.